The number of nitrogens with zero attached hydrogens (tertiary/aromatic N) is 5. The predicted octanol–water partition coefficient (Wildman–Crippen LogP) is 9.94. The van der Waals surface area contributed by atoms with E-state index in [2.05, 4.69) is 52.2 Å². The van der Waals surface area contributed by atoms with Crippen LogP contribution in [0.3, 0.4) is 0 Å². The first-order chi connectivity index (χ1) is 28.8. The molecule has 0 amide bonds. The van der Waals surface area contributed by atoms with Gasteiger partial charge in [-0.3, -0.25) is 9.36 Å². The number of carbonyl (C=O) groups is 1. The summed E-state index contributed by atoms with van der Waals surface area (Å²) in [4.78, 5) is 14.9. The Labute approximate surface area is 357 Å². The van der Waals surface area contributed by atoms with Gasteiger partial charge in [0, 0.05) is 76.1 Å². The molecule has 0 saturated heterocycles. The van der Waals surface area contributed by atoms with E-state index >= 15 is 0 Å². The van der Waals surface area contributed by atoms with Crippen molar-refractivity contribution >= 4 is 62.8 Å². The summed E-state index contributed by atoms with van der Waals surface area (Å²) >= 11 is 10.7. The average molecular weight is 851 g/mol. The van der Waals surface area contributed by atoms with E-state index in [9.17, 15) is 9.90 Å². The van der Waals surface area contributed by atoms with Gasteiger partial charge in [0.25, 0.3) is 0 Å². The van der Waals surface area contributed by atoms with Crippen molar-refractivity contribution in [3.63, 3.8) is 0 Å². The summed E-state index contributed by atoms with van der Waals surface area (Å²) in [5.41, 5.74) is 9.35. The molecule has 0 radical (unpaired) electrons. The summed E-state index contributed by atoms with van der Waals surface area (Å²) in [5.74, 6) is 3.54. The monoisotopic (exact) mass is 849 g/mol. The number of hydrogen-bond donors (Lipinski definition) is 1. The molecule has 1 aliphatic rings. The number of rotatable bonds is 17. The van der Waals surface area contributed by atoms with Gasteiger partial charge in [-0.2, -0.15) is 10.2 Å². The number of thioether (sulfide) groups is 2. The van der Waals surface area contributed by atoms with Gasteiger partial charge >= 0.3 is 5.97 Å². The molecule has 13 heteroatoms. The van der Waals surface area contributed by atoms with Gasteiger partial charge in [0.1, 0.15) is 17.2 Å². The Kier molecular flexibility index (Phi) is 12.6. The Balaban J connectivity index is 1.07. The third-order valence-electron chi connectivity index (χ3n) is 10.9. The molecule has 0 saturated carbocycles. The maximum atomic E-state index is 13.8. The number of hydrogen-bond acceptors (Lipinski definition) is 9. The number of esters is 1. The fourth-order valence-corrected chi connectivity index (χ4v) is 10.3. The number of aliphatic hydroxyl groups excluding tert-OH is 1. The standard InChI is InChI=1S/C46H48ClN5O5S2/c1-5-56-46(54)45-36(12-9-21-57-41-24-34(22-30-10-6-7-11-35(30)41)59-26-29-14-16-33(55-4)17-15-29)37-18-19-38(47)42(44(37)50(45)2)43-39(49-52-20-8-13-40(43)52)28-58-27-32-23-31(25-53)48-51(32)3/h6-7,10-11,14-19,22-24,53H,5,8-9,12-13,20-21,25-28H2,1-4H3. The van der Waals surface area contributed by atoms with Gasteiger partial charge < -0.3 is 23.9 Å². The van der Waals surface area contributed by atoms with Crippen LogP contribution in [0.5, 0.6) is 11.5 Å². The van der Waals surface area contributed by atoms with Crippen LogP contribution in [0.15, 0.2) is 83.8 Å². The van der Waals surface area contributed by atoms with E-state index in [4.69, 9.17) is 30.9 Å². The summed E-state index contributed by atoms with van der Waals surface area (Å²) in [6.45, 7) is 3.33. The molecule has 7 aromatic rings. The minimum Gasteiger partial charge on any atom is -0.497 e. The Hall–Kier alpha value is -4.88. The molecule has 8 rings (SSSR count). The lowest BCUT2D eigenvalue weighted by molar-refractivity contribution is 0.0514. The van der Waals surface area contributed by atoms with E-state index in [1.807, 2.05) is 66.7 Å². The summed E-state index contributed by atoms with van der Waals surface area (Å²) in [5, 5.41) is 22.9. The normalized spacial score (nSPS) is 12.4. The van der Waals surface area contributed by atoms with Crippen molar-refractivity contribution in [2.75, 3.05) is 20.3 Å². The van der Waals surface area contributed by atoms with Gasteiger partial charge in [-0.05, 0) is 85.5 Å². The van der Waals surface area contributed by atoms with Crippen LogP contribution < -0.4 is 9.47 Å². The minimum atomic E-state index is -0.355. The number of ether oxygens (including phenoxy) is 3. The van der Waals surface area contributed by atoms with E-state index in [0.29, 0.717) is 41.6 Å². The van der Waals surface area contributed by atoms with Gasteiger partial charge in [-0.25, -0.2) is 4.79 Å². The lowest BCUT2D eigenvalue weighted by Gasteiger charge is -2.13. The first kappa shape index (κ1) is 40.9. The van der Waals surface area contributed by atoms with E-state index in [0.717, 1.165) is 97.0 Å². The number of aromatic nitrogens is 5. The fourth-order valence-electron chi connectivity index (χ4n) is 8.13. The second-order valence-corrected chi connectivity index (χ2v) is 17.1. The smallest absolute Gasteiger partial charge is 0.355 e. The van der Waals surface area contributed by atoms with E-state index in [1.165, 1.54) is 11.3 Å². The van der Waals surface area contributed by atoms with Gasteiger partial charge in [-0.15, -0.1) is 23.5 Å². The molecule has 0 bridgehead atoms. The Morgan fingerprint density at radius 3 is 2.56 bits per heavy atom. The van der Waals surface area contributed by atoms with Crippen LogP contribution in [0.25, 0.3) is 32.8 Å². The molecule has 1 N–H and O–H groups in total. The number of carbonyl (C=O) groups excluding carboxylic acids is 1. The van der Waals surface area contributed by atoms with Crippen molar-refractivity contribution in [1.29, 1.82) is 0 Å². The molecule has 59 heavy (non-hydrogen) atoms. The molecular formula is C46H48ClN5O5S2. The highest BCUT2D eigenvalue weighted by molar-refractivity contribution is 7.98. The zero-order valence-electron chi connectivity index (χ0n) is 33.8. The van der Waals surface area contributed by atoms with Gasteiger partial charge in [0.05, 0.1) is 48.9 Å². The van der Waals surface area contributed by atoms with Gasteiger partial charge in [0.15, 0.2) is 0 Å². The maximum Gasteiger partial charge on any atom is 0.355 e. The SMILES string of the molecule is CCOC(=O)c1c(CCCOc2cc(SCc3ccc(OC)cc3)cc3ccccc23)c2ccc(Cl)c(-c3c(CSCc4cc(CO)nn4C)nn4c3CCC4)c2n1C. The van der Waals surface area contributed by atoms with Crippen molar-refractivity contribution < 1.29 is 24.1 Å². The van der Waals surface area contributed by atoms with E-state index in [-0.39, 0.29) is 19.2 Å². The summed E-state index contributed by atoms with van der Waals surface area (Å²) in [7, 11) is 5.52. The highest BCUT2D eigenvalue weighted by atomic mass is 35.5. The Morgan fingerprint density at radius 1 is 0.949 bits per heavy atom. The average Bonchev–Trinajstić information content (AvgIpc) is 4.01. The first-order valence-electron chi connectivity index (χ1n) is 19.9. The van der Waals surface area contributed by atoms with Crippen molar-refractivity contribution in [2.24, 2.45) is 14.1 Å². The largest absolute Gasteiger partial charge is 0.497 e. The zero-order valence-corrected chi connectivity index (χ0v) is 36.2. The minimum absolute atomic E-state index is 0.0880. The quantitative estimate of drug-likeness (QED) is 0.0545. The number of aryl methyl sites for hydroxylation is 4. The number of aliphatic hydroxyl groups is 1. The van der Waals surface area contributed by atoms with Crippen LogP contribution in [0.4, 0.5) is 0 Å². The second-order valence-electron chi connectivity index (χ2n) is 14.7. The van der Waals surface area contributed by atoms with Crippen molar-refractivity contribution in [3.05, 3.63) is 123 Å². The van der Waals surface area contributed by atoms with Crippen LogP contribution in [0.1, 0.15) is 64.2 Å². The molecular weight excluding hydrogens is 802 g/mol. The number of fused-ring (bicyclic) bond motifs is 3. The Morgan fingerprint density at radius 2 is 1.78 bits per heavy atom. The van der Waals surface area contributed by atoms with E-state index in [1.54, 1.807) is 30.6 Å². The van der Waals surface area contributed by atoms with E-state index < -0.39 is 0 Å². The van der Waals surface area contributed by atoms with Crippen molar-refractivity contribution in [2.45, 2.75) is 67.9 Å². The molecule has 306 valence electrons. The third kappa shape index (κ3) is 8.46. The molecule has 0 unspecified atom stereocenters. The summed E-state index contributed by atoms with van der Waals surface area (Å²) in [6.07, 6.45) is 3.20. The summed E-state index contributed by atoms with van der Waals surface area (Å²) < 4.78 is 23.5. The number of methoxy groups -OCH3 is 1. The molecule has 10 nitrogen and oxygen atoms in total. The maximum absolute atomic E-state index is 13.8. The van der Waals surface area contributed by atoms with Crippen LogP contribution in [0.2, 0.25) is 5.02 Å². The van der Waals surface area contributed by atoms with Gasteiger partial charge in [-0.1, -0.05) is 54.1 Å². The van der Waals surface area contributed by atoms with Crippen molar-refractivity contribution in [3.8, 4) is 22.6 Å². The third-order valence-corrected chi connectivity index (χ3v) is 13.2. The lowest BCUT2D eigenvalue weighted by Crippen LogP contribution is -2.13. The van der Waals surface area contributed by atoms with Crippen molar-refractivity contribution in [1.82, 2.24) is 24.1 Å². The molecule has 0 aliphatic carbocycles. The summed E-state index contributed by atoms with van der Waals surface area (Å²) in [6, 6.07) is 26.8. The number of halogens is 1. The molecule has 1 aliphatic heterocycles. The number of benzene rings is 4. The van der Waals surface area contributed by atoms with Crippen LogP contribution in [-0.2, 0) is 62.1 Å². The van der Waals surface area contributed by atoms with Gasteiger partial charge in [0.2, 0.25) is 0 Å². The molecule has 0 spiro atoms. The van der Waals surface area contributed by atoms with Crippen LogP contribution >= 0.6 is 35.1 Å². The highest BCUT2D eigenvalue weighted by Gasteiger charge is 2.30. The molecule has 0 fully saturated rings. The molecule has 4 heterocycles. The fraction of sp³-hybridized carbons (Fsp3) is 0.326. The second kappa shape index (κ2) is 18.2. The molecule has 3 aromatic heterocycles. The van der Waals surface area contributed by atoms with Crippen LogP contribution in [0, 0.1) is 0 Å². The lowest BCUT2D eigenvalue weighted by atomic mass is 9.97. The topological polar surface area (TPSA) is 106 Å². The Bertz CT molecular complexity index is 2630. The first-order valence-corrected chi connectivity index (χ1v) is 22.5. The highest BCUT2D eigenvalue weighted by Crippen LogP contribution is 2.44. The molecule has 4 aromatic carbocycles. The predicted molar refractivity (Wildman–Crippen MR) is 238 cm³/mol. The molecule has 0 atom stereocenters. The zero-order chi connectivity index (χ0) is 41.0. The van der Waals surface area contributed by atoms with Crippen LogP contribution in [-0.4, -0.2) is 55.5 Å².